The highest BCUT2D eigenvalue weighted by molar-refractivity contribution is 6.42. The minimum absolute atomic E-state index is 0.341. The summed E-state index contributed by atoms with van der Waals surface area (Å²) in [4.78, 5) is 0. The molecule has 0 aromatic heterocycles. The van der Waals surface area contributed by atoms with E-state index >= 15 is 0 Å². The third-order valence-corrected chi connectivity index (χ3v) is 3.98. The van der Waals surface area contributed by atoms with Crippen molar-refractivity contribution in [1.29, 1.82) is 0 Å². The summed E-state index contributed by atoms with van der Waals surface area (Å²) < 4.78 is 0. The third kappa shape index (κ3) is 1.47. The molecule has 2 unspecified atom stereocenters. The Morgan fingerprint density at radius 1 is 1.31 bits per heavy atom. The molecular weight excluding hydrogens is 203 g/mol. The number of hydrogen-bond donors (Lipinski definition) is 0. The zero-order valence-corrected chi connectivity index (χ0v) is 9.28. The average Bonchev–Trinajstić information content (AvgIpc) is 2.67. The van der Waals surface area contributed by atoms with E-state index in [1.54, 1.807) is 0 Å². The van der Waals surface area contributed by atoms with E-state index in [1.807, 2.05) is 12.1 Å². The molecule has 0 spiro atoms. The van der Waals surface area contributed by atoms with Crippen LogP contribution in [0, 0.1) is 5.92 Å². The summed E-state index contributed by atoms with van der Waals surface area (Å²) in [6.07, 6.45) is 1.25. The highest BCUT2D eigenvalue weighted by Crippen LogP contribution is 2.54. The van der Waals surface area contributed by atoms with Crippen LogP contribution in [0.4, 0.5) is 0 Å². The first-order chi connectivity index (χ1) is 6.04. The highest BCUT2D eigenvalue weighted by Gasteiger charge is 2.47. The normalized spacial score (nSPS) is 31.8. The van der Waals surface area contributed by atoms with E-state index in [1.165, 1.54) is 12.0 Å². The Kier molecular flexibility index (Phi) is 2.08. The lowest BCUT2D eigenvalue weighted by molar-refractivity contribution is 0.702. The van der Waals surface area contributed by atoms with Gasteiger partial charge in [-0.15, -0.1) is 0 Å². The van der Waals surface area contributed by atoms with Gasteiger partial charge in [-0.25, -0.2) is 0 Å². The second kappa shape index (κ2) is 2.90. The molecule has 2 atom stereocenters. The predicted octanol–water partition coefficient (Wildman–Crippen LogP) is 4.29. The predicted molar refractivity (Wildman–Crippen MR) is 57.6 cm³/mol. The topological polar surface area (TPSA) is 0 Å². The minimum Gasteiger partial charge on any atom is -0.0827 e. The van der Waals surface area contributed by atoms with E-state index in [0.29, 0.717) is 15.5 Å². The van der Waals surface area contributed by atoms with Gasteiger partial charge in [0, 0.05) is 0 Å². The van der Waals surface area contributed by atoms with Crippen molar-refractivity contribution in [3.05, 3.63) is 33.8 Å². The molecule has 1 saturated carbocycles. The van der Waals surface area contributed by atoms with Gasteiger partial charge in [-0.05, 0) is 35.4 Å². The molecule has 0 amide bonds. The van der Waals surface area contributed by atoms with Crippen LogP contribution in [0.1, 0.15) is 25.8 Å². The SMILES string of the molecule is CC1CC1(C)c1ccc(Cl)c(Cl)c1. The summed E-state index contributed by atoms with van der Waals surface area (Å²) in [6.45, 7) is 4.54. The van der Waals surface area contributed by atoms with Crippen LogP contribution in [0.2, 0.25) is 10.0 Å². The van der Waals surface area contributed by atoms with Gasteiger partial charge < -0.3 is 0 Å². The minimum atomic E-state index is 0.341. The second-order valence-corrected chi connectivity index (χ2v) is 4.97. The highest BCUT2D eigenvalue weighted by atomic mass is 35.5. The molecule has 0 saturated heterocycles. The van der Waals surface area contributed by atoms with Crippen LogP contribution >= 0.6 is 23.2 Å². The fraction of sp³-hybridized carbons (Fsp3) is 0.455. The molecule has 0 aliphatic heterocycles. The quantitative estimate of drug-likeness (QED) is 0.655. The van der Waals surface area contributed by atoms with E-state index < -0.39 is 0 Å². The number of rotatable bonds is 1. The summed E-state index contributed by atoms with van der Waals surface area (Å²) in [7, 11) is 0. The lowest BCUT2D eigenvalue weighted by Crippen LogP contribution is -2.02. The zero-order valence-electron chi connectivity index (χ0n) is 7.77. The van der Waals surface area contributed by atoms with Crippen LogP contribution in [0.15, 0.2) is 18.2 Å². The summed E-state index contributed by atoms with van der Waals surface area (Å²) in [5.41, 5.74) is 1.66. The van der Waals surface area contributed by atoms with Crippen molar-refractivity contribution in [2.45, 2.75) is 25.7 Å². The summed E-state index contributed by atoms with van der Waals surface area (Å²) in [5, 5.41) is 1.31. The lowest BCUT2D eigenvalue weighted by Gasteiger charge is -2.10. The molecule has 2 rings (SSSR count). The van der Waals surface area contributed by atoms with E-state index in [2.05, 4.69) is 19.9 Å². The van der Waals surface area contributed by atoms with Gasteiger partial charge in [0.25, 0.3) is 0 Å². The van der Waals surface area contributed by atoms with E-state index in [9.17, 15) is 0 Å². The van der Waals surface area contributed by atoms with Crippen molar-refractivity contribution in [3.8, 4) is 0 Å². The van der Waals surface area contributed by atoms with Crippen LogP contribution < -0.4 is 0 Å². The van der Waals surface area contributed by atoms with Crippen LogP contribution in [-0.2, 0) is 5.41 Å². The van der Waals surface area contributed by atoms with Gasteiger partial charge in [-0.2, -0.15) is 0 Å². The van der Waals surface area contributed by atoms with Crippen molar-refractivity contribution in [2.75, 3.05) is 0 Å². The third-order valence-electron chi connectivity index (χ3n) is 3.24. The van der Waals surface area contributed by atoms with Crippen LogP contribution in [0.5, 0.6) is 0 Å². The van der Waals surface area contributed by atoms with Crippen LogP contribution in [0.3, 0.4) is 0 Å². The molecule has 13 heavy (non-hydrogen) atoms. The molecule has 0 N–H and O–H groups in total. The van der Waals surface area contributed by atoms with E-state index in [-0.39, 0.29) is 0 Å². The first-order valence-electron chi connectivity index (χ1n) is 4.49. The molecule has 0 radical (unpaired) electrons. The van der Waals surface area contributed by atoms with Crippen LogP contribution in [0.25, 0.3) is 0 Å². The van der Waals surface area contributed by atoms with Crippen molar-refractivity contribution in [3.63, 3.8) is 0 Å². The smallest absolute Gasteiger partial charge is 0.0595 e. The van der Waals surface area contributed by atoms with Crippen molar-refractivity contribution >= 4 is 23.2 Å². The Morgan fingerprint density at radius 3 is 2.38 bits per heavy atom. The summed E-state index contributed by atoms with van der Waals surface area (Å²) in [5.74, 6) is 0.768. The van der Waals surface area contributed by atoms with Gasteiger partial charge in [0.15, 0.2) is 0 Å². The Morgan fingerprint density at radius 2 is 1.92 bits per heavy atom. The van der Waals surface area contributed by atoms with Crippen molar-refractivity contribution in [2.24, 2.45) is 5.92 Å². The largest absolute Gasteiger partial charge is 0.0827 e. The van der Waals surface area contributed by atoms with Gasteiger partial charge in [0.1, 0.15) is 0 Å². The zero-order chi connectivity index (χ0) is 9.64. The average molecular weight is 215 g/mol. The Hall–Kier alpha value is -0.200. The standard InChI is InChI=1S/C11H12Cl2/c1-7-6-11(7,2)8-3-4-9(12)10(13)5-8/h3-5,7H,6H2,1-2H3. The lowest BCUT2D eigenvalue weighted by atomic mass is 9.96. The fourth-order valence-corrected chi connectivity index (χ4v) is 2.13. The van der Waals surface area contributed by atoms with Crippen LogP contribution in [-0.4, -0.2) is 0 Å². The van der Waals surface area contributed by atoms with E-state index in [0.717, 1.165) is 5.92 Å². The molecule has 0 nitrogen and oxygen atoms in total. The molecule has 1 aliphatic rings. The van der Waals surface area contributed by atoms with Gasteiger partial charge in [0.05, 0.1) is 10.0 Å². The van der Waals surface area contributed by atoms with Gasteiger partial charge in [0.2, 0.25) is 0 Å². The maximum absolute atomic E-state index is 5.96. The van der Waals surface area contributed by atoms with Gasteiger partial charge in [-0.1, -0.05) is 43.1 Å². The van der Waals surface area contributed by atoms with Crippen molar-refractivity contribution < 1.29 is 0 Å². The molecule has 1 aliphatic carbocycles. The first-order valence-corrected chi connectivity index (χ1v) is 5.25. The number of benzene rings is 1. The Balaban J connectivity index is 2.38. The molecule has 0 heterocycles. The summed E-state index contributed by atoms with van der Waals surface area (Å²) >= 11 is 11.8. The fourth-order valence-electron chi connectivity index (χ4n) is 1.83. The number of halogens is 2. The molecule has 2 heteroatoms. The Labute approximate surface area is 88.9 Å². The monoisotopic (exact) mass is 214 g/mol. The molecule has 1 fully saturated rings. The molecule has 1 aromatic carbocycles. The molecule has 0 bridgehead atoms. The first kappa shape index (κ1) is 9.36. The summed E-state index contributed by atoms with van der Waals surface area (Å²) in [6, 6.07) is 5.96. The van der Waals surface area contributed by atoms with Gasteiger partial charge >= 0.3 is 0 Å². The second-order valence-electron chi connectivity index (χ2n) is 4.15. The Bertz CT molecular complexity index is 346. The number of hydrogen-bond acceptors (Lipinski definition) is 0. The maximum atomic E-state index is 5.96. The molecule has 70 valence electrons. The van der Waals surface area contributed by atoms with Gasteiger partial charge in [-0.3, -0.25) is 0 Å². The maximum Gasteiger partial charge on any atom is 0.0595 e. The van der Waals surface area contributed by atoms with E-state index in [4.69, 9.17) is 23.2 Å². The molecule has 1 aromatic rings. The van der Waals surface area contributed by atoms with Crippen molar-refractivity contribution in [1.82, 2.24) is 0 Å². The molecular formula is C11H12Cl2.